The molecule has 0 unspecified atom stereocenters. The lowest BCUT2D eigenvalue weighted by Crippen LogP contribution is -3.27. The van der Waals surface area contributed by atoms with E-state index in [1.165, 1.54) is 56.2 Å². The first kappa shape index (κ1) is 13.9. The molecule has 2 N–H and O–H groups in total. The van der Waals surface area contributed by atoms with Crippen molar-refractivity contribution in [1.82, 2.24) is 0 Å². The van der Waals surface area contributed by atoms with Crippen molar-refractivity contribution < 1.29 is 9.80 Å². The number of likely N-dealkylation sites (N-methyl/N-ethyl adjacent to an activating group) is 1. The van der Waals surface area contributed by atoms with E-state index in [0.717, 1.165) is 0 Å². The molecule has 1 heterocycles. The third-order valence-electron chi connectivity index (χ3n) is 3.75. The zero-order valence-corrected chi connectivity index (χ0v) is 12.3. The summed E-state index contributed by atoms with van der Waals surface area (Å²) in [5.41, 5.74) is 0. The Balaban J connectivity index is 1.51. The molecule has 0 bridgehead atoms. The van der Waals surface area contributed by atoms with Crippen LogP contribution in [0.25, 0.3) is 0 Å². The van der Waals surface area contributed by atoms with E-state index in [1.54, 1.807) is 4.90 Å². The molecule has 0 spiro atoms. The van der Waals surface area contributed by atoms with Crippen LogP contribution in [0, 0.1) is 0 Å². The van der Waals surface area contributed by atoms with Gasteiger partial charge in [0.05, 0.1) is 13.6 Å². The van der Waals surface area contributed by atoms with Crippen LogP contribution in [-0.2, 0) is 0 Å². The zero-order valence-electron chi connectivity index (χ0n) is 11.5. The van der Waals surface area contributed by atoms with Crippen LogP contribution in [0.5, 0.6) is 0 Å². The van der Waals surface area contributed by atoms with Gasteiger partial charge in [-0.1, -0.05) is 18.2 Å². The molecule has 2 nitrogen and oxygen atoms in total. The van der Waals surface area contributed by atoms with Crippen LogP contribution in [-0.4, -0.2) is 45.5 Å². The molecule has 0 aliphatic carbocycles. The lowest BCUT2D eigenvalue weighted by Gasteiger charge is -2.27. The highest BCUT2D eigenvalue weighted by atomic mass is 32.2. The lowest BCUT2D eigenvalue weighted by atomic mass is 10.2. The molecule has 3 heteroatoms. The lowest BCUT2D eigenvalue weighted by molar-refractivity contribution is -1.00. The minimum absolute atomic E-state index is 1.27. The van der Waals surface area contributed by atoms with E-state index in [1.807, 2.05) is 16.7 Å². The maximum absolute atomic E-state index is 2.31. The molecule has 100 valence electrons. The third-order valence-corrected chi connectivity index (χ3v) is 4.85. The number of quaternary nitrogens is 2. The van der Waals surface area contributed by atoms with Gasteiger partial charge in [-0.2, -0.15) is 0 Å². The monoisotopic (exact) mass is 266 g/mol. The van der Waals surface area contributed by atoms with E-state index >= 15 is 0 Å². The highest BCUT2D eigenvalue weighted by Gasteiger charge is 2.18. The first-order chi connectivity index (χ1) is 8.84. The van der Waals surface area contributed by atoms with Gasteiger partial charge >= 0.3 is 0 Å². The van der Waals surface area contributed by atoms with Gasteiger partial charge in [-0.05, 0) is 30.7 Å². The fourth-order valence-electron chi connectivity index (χ4n) is 2.46. The van der Waals surface area contributed by atoms with Crippen LogP contribution in [0.15, 0.2) is 35.2 Å². The van der Waals surface area contributed by atoms with Crippen LogP contribution < -0.4 is 9.80 Å². The summed E-state index contributed by atoms with van der Waals surface area (Å²) < 4.78 is 0. The van der Waals surface area contributed by atoms with Gasteiger partial charge in [-0.3, -0.25) is 0 Å². The van der Waals surface area contributed by atoms with Gasteiger partial charge in [0.1, 0.15) is 26.2 Å². The number of hydrogen-bond donors (Lipinski definition) is 2. The molecule has 0 amide bonds. The zero-order chi connectivity index (χ0) is 12.6. The van der Waals surface area contributed by atoms with Crippen molar-refractivity contribution in [1.29, 1.82) is 0 Å². The van der Waals surface area contributed by atoms with Gasteiger partial charge in [0.15, 0.2) is 0 Å². The standard InChI is InChI=1S/C15H24N2S/c1-16-10-12-17(13-11-16)9-5-6-14-18-15-7-3-2-4-8-15/h2-4,7-8H,5-6,9-14H2,1H3/p+2. The molecule has 18 heavy (non-hydrogen) atoms. The largest absolute Gasteiger partial charge is 0.328 e. The second-order valence-electron chi connectivity index (χ2n) is 5.33. The van der Waals surface area contributed by atoms with Crippen LogP contribution in [0.1, 0.15) is 12.8 Å². The maximum atomic E-state index is 2.31. The molecule has 0 saturated carbocycles. The molecule has 1 aromatic rings. The van der Waals surface area contributed by atoms with Gasteiger partial charge in [-0.15, -0.1) is 11.8 Å². The van der Waals surface area contributed by atoms with Crippen molar-refractivity contribution in [3.63, 3.8) is 0 Å². The highest BCUT2D eigenvalue weighted by molar-refractivity contribution is 7.99. The fourth-order valence-corrected chi connectivity index (χ4v) is 3.40. The third kappa shape index (κ3) is 5.01. The summed E-state index contributed by atoms with van der Waals surface area (Å²) in [6.07, 6.45) is 2.74. The number of thioether (sulfide) groups is 1. The van der Waals surface area contributed by atoms with Crippen molar-refractivity contribution in [3.05, 3.63) is 30.3 Å². The molecule has 1 fully saturated rings. The maximum Gasteiger partial charge on any atom is 0.127 e. The average Bonchev–Trinajstić information content (AvgIpc) is 2.42. The first-order valence-electron chi connectivity index (χ1n) is 7.17. The summed E-state index contributed by atoms with van der Waals surface area (Å²) in [6, 6.07) is 10.7. The van der Waals surface area contributed by atoms with E-state index < -0.39 is 0 Å². The van der Waals surface area contributed by atoms with E-state index in [0.29, 0.717) is 0 Å². The van der Waals surface area contributed by atoms with E-state index in [-0.39, 0.29) is 0 Å². The van der Waals surface area contributed by atoms with Crippen LogP contribution in [0.3, 0.4) is 0 Å². The molecule has 1 aliphatic heterocycles. The Labute approximate surface area is 115 Å². The Morgan fingerprint density at radius 3 is 2.44 bits per heavy atom. The molecular formula is C15H26N2S+2. The predicted molar refractivity (Wildman–Crippen MR) is 78.6 cm³/mol. The Kier molecular flexibility index (Phi) is 6.05. The number of piperazine rings is 1. The molecule has 1 saturated heterocycles. The summed E-state index contributed by atoms with van der Waals surface area (Å²) in [6.45, 7) is 6.83. The van der Waals surface area contributed by atoms with E-state index in [4.69, 9.17) is 0 Å². The topological polar surface area (TPSA) is 8.88 Å². The first-order valence-corrected chi connectivity index (χ1v) is 8.16. The Morgan fingerprint density at radius 2 is 1.72 bits per heavy atom. The second-order valence-corrected chi connectivity index (χ2v) is 6.49. The van der Waals surface area contributed by atoms with Gasteiger partial charge in [0.2, 0.25) is 0 Å². The summed E-state index contributed by atoms with van der Waals surface area (Å²) in [4.78, 5) is 4.94. The SMILES string of the molecule is C[NH+]1CC[NH+](CCCCSc2ccccc2)CC1. The van der Waals surface area contributed by atoms with E-state index in [9.17, 15) is 0 Å². The predicted octanol–water partition coefficient (Wildman–Crippen LogP) is -0.0279. The molecule has 1 aromatic carbocycles. The summed E-state index contributed by atoms with van der Waals surface area (Å²) in [7, 11) is 2.31. The van der Waals surface area contributed by atoms with Gasteiger partial charge in [0, 0.05) is 4.90 Å². The molecule has 0 aromatic heterocycles. The van der Waals surface area contributed by atoms with Crippen molar-refractivity contribution in [2.45, 2.75) is 17.7 Å². The van der Waals surface area contributed by atoms with Crippen molar-refractivity contribution in [3.8, 4) is 0 Å². The quantitative estimate of drug-likeness (QED) is 0.543. The number of hydrogen-bond acceptors (Lipinski definition) is 1. The minimum atomic E-state index is 1.27. The summed E-state index contributed by atoms with van der Waals surface area (Å²) >= 11 is 1.99. The smallest absolute Gasteiger partial charge is 0.127 e. The highest BCUT2D eigenvalue weighted by Crippen LogP contribution is 2.17. The Morgan fingerprint density at radius 1 is 1.00 bits per heavy atom. The van der Waals surface area contributed by atoms with Gasteiger partial charge < -0.3 is 9.80 Å². The molecular weight excluding hydrogens is 240 g/mol. The normalized spacial score (nSPS) is 24.1. The Hall–Kier alpha value is -0.510. The van der Waals surface area contributed by atoms with E-state index in [2.05, 4.69) is 37.4 Å². The average molecular weight is 266 g/mol. The van der Waals surface area contributed by atoms with Crippen molar-refractivity contribution in [2.24, 2.45) is 0 Å². The number of rotatable bonds is 6. The van der Waals surface area contributed by atoms with Crippen LogP contribution in [0.2, 0.25) is 0 Å². The molecule has 0 atom stereocenters. The number of nitrogens with one attached hydrogen (secondary N) is 2. The molecule has 2 rings (SSSR count). The second kappa shape index (κ2) is 7.82. The van der Waals surface area contributed by atoms with Gasteiger partial charge in [0.25, 0.3) is 0 Å². The summed E-state index contributed by atoms with van der Waals surface area (Å²) in [5.74, 6) is 1.27. The van der Waals surface area contributed by atoms with Crippen molar-refractivity contribution in [2.75, 3.05) is 45.5 Å². The van der Waals surface area contributed by atoms with Gasteiger partial charge in [-0.25, -0.2) is 0 Å². The Bertz CT molecular complexity index is 321. The number of benzene rings is 1. The minimum Gasteiger partial charge on any atom is -0.328 e. The number of unbranched alkanes of at least 4 members (excludes halogenated alkanes) is 1. The molecule has 1 aliphatic rings. The van der Waals surface area contributed by atoms with Crippen molar-refractivity contribution >= 4 is 11.8 Å². The summed E-state index contributed by atoms with van der Waals surface area (Å²) in [5, 5.41) is 0. The van der Waals surface area contributed by atoms with Crippen LogP contribution in [0.4, 0.5) is 0 Å². The fraction of sp³-hybridized carbons (Fsp3) is 0.600. The molecule has 0 radical (unpaired) electrons. The van der Waals surface area contributed by atoms with Crippen LogP contribution >= 0.6 is 11.8 Å².